The fraction of sp³-hybridized carbons (Fsp3) is 0.970. The number of cyclic esters (lactones) is 1. The SMILES string of the molecule is CC[C@H]1OC(=O)[C@H](C)[C@H]2OC(C)(C)OC(C)(C[C@@H](C)CN(C)[C@H](C)[C@@H](O)[C@]1(C)O)[C@H](OC1O[C@H](C)C[C@H](N(C)C)[C@H]1O)[C@H]2C. The Hall–Kier alpha value is -0.890. The maximum atomic E-state index is 13.8. The summed E-state index contributed by atoms with van der Waals surface area (Å²) in [5, 5.41) is 34.3. The zero-order valence-electron chi connectivity index (χ0n) is 29.4. The molecule has 0 spiro atoms. The third-order valence-electron chi connectivity index (χ3n) is 10.3. The first-order valence-corrected chi connectivity index (χ1v) is 16.5. The van der Waals surface area contributed by atoms with Gasteiger partial charge < -0.3 is 48.8 Å². The molecule has 2 bridgehead atoms. The number of fused-ring (bicyclic) bond motifs is 3. The van der Waals surface area contributed by atoms with Crippen LogP contribution in [0.5, 0.6) is 0 Å². The molecule has 3 fully saturated rings. The van der Waals surface area contributed by atoms with Gasteiger partial charge in [-0.2, -0.15) is 0 Å². The molecule has 3 aliphatic rings. The lowest BCUT2D eigenvalue weighted by atomic mass is 9.78. The van der Waals surface area contributed by atoms with E-state index in [0.717, 1.165) is 0 Å². The number of hydrogen-bond donors (Lipinski definition) is 3. The van der Waals surface area contributed by atoms with E-state index in [2.05, 4.69) is 6.92 Å². The molecule has 258 valence electrons. The zero-order valence-corrected chi connectivity index (χ0v) is 29.4. The largest absolute Gasteiger partial charge is 0.459 e. The lowest BCUT2D eigenvalue weighted by molar-refractivity contribution is -0.315. The van der Waals surface area contributed by atoms with Gasteiger partial charge in [0.05, 0.1) is 29.8 Å². The molecule has 11 nitrogen and oxygen atoms in total. The fourth-order valence-electron chi connectivity index (χ4n) is 7.92. The van der Waals surface area contributed by atoms with Gasteiger partial charge in [-0.1, -0.05) is 20.8 Å². The first kappa shape index (κ1) is 37.6. The van der Waals surface area contributed by atoms with Crippen LogP contribution in [0.1, 0.15) is 88.5 Å². The topological polar surface area (TPSA) is 130 Å². The van der Waals surface area contributed by atoms with Gasteiger partial charge in [0.2, 0.25) is 0 Å². The lowest BCUT2D eigenvalue weighted by Crippen LogP contribution is -2.59. The molecule has 0 aromatic heterocycles. The second-order valence-corrected chi connectivity index (χ2v) is 15.2. The Morgan fingerprint density at radius 3 is 2.25 bits per heavy atom. The molecular weight excluding hydrogens is 568 g/mol. The quantitative estimate of drug-likeness (QED) is 0.397. The molecule has 3 N–H and O–H groups in total. The molecule has 3 rings (SSSR count). The smallest absolute Gasteiger partial charge is 0.311 e. The number of carbonyl (C=O) groups is 1. The van der Waals surface area contributed by atoms with Crippen molar-refractivity contribution < 1.29 is 43.8 Å². The number of aliphatic hydroxyl groups is 3. The normalized spacial score (nSPS) is 48.3. The Labute approximate surface area is 265 Å². The van der Waals surface area contributed by atoms with E-state index in [9.17, 15) is 20.1 Å². The van der Waals surface area contributed by atoms with Crippen molar-refractivity contribution in [3.05, 3.63) is 0 Å². The molecular formula is C33H62N2O9. The van der Waals surface area contributed by atoms with Gasteiger partial charge in [0, 0.05) is 24.5 Å². The van der Waals surface area contributed by atoms with Crippen LogP contribution in [0.4, 0.5) is 0 Å². The summed E-state index contributed by atoms with van der Waals surface area (Å²) in [5.41, 5.74) is -2.60. The van der Waals surface area contributed by atoms with E-state index >= 15 is 0 Å². The van der Waals surface area contributed by atoms with E-state index in [1.54, 1.807) is 6.92 Å². The van der Waals surface area contributed by atoms with Crippen LogP contribution in [-0.2, 0) is 28.5 Å². The minimum atomic E-state index is -1.68. The molecule has 3 heterocycles. The average Bonchev–Trinajstić information content (AvgIpc) is 2.98. The van der Waals surface area contributed by atoms with Crippen molar-refractivity contribution in [3.63, 3.8) is 0 Å². The van der Waals surface area contributed by atoms with Crippen molar-refractivity contribution in [1.29, 1.82) is 0 Å². The Bertz CT molecular complexity index is 964. The van der Waals surface area contributed by atoms with Gasteiger partial charge >= 0.3 is 5.97 Å². The minimum Gasteiger partial charge on any atom is -0.459 e. The van der Waals surface area contributed by atoms with Gasteiger partial charge in [0.1, 0.15) is 23.9 Å². The third kappa shape index (κ3) is 7.97. The summed E-state index contributed by atoms with van der Waals surface area (Å²) >= 11 is 0. The Morgan fingerprint density at radius 1 is 1.07 bits per heavy atom. The van der Waals surface area contributed by atoms with Gasteiger partial charge in [-0.3, -0.25) is 4.79 Å². The predicted molar refractivity (Wildman–Crippen MR) is 167 cm³/mol. The van der Waals surface area contributed by atoms with Crippen molar-refractivity contribution in [1.82, 2.24) is 9.80 Å². The number of nitrogens with zero attached hydrogens (tertiary/aromatic N) is 2. The summed E-state index contributed by atoms with van der Waals surface area (Å²) in [6, 6.07) is -0.591. The van der Waals surface area contributed by atoms with E-state index in [-0.39, 0.29) is 18.1 Å². The van der Waals surface area contributed by atoms with Crippen molar-refractivity contribution in [2.75, 3.05) is 27.7 Å². The molecule has 0 amide bonds. The number of ether oxygens (including phenoxy) is 5. The molecule has 3 saturated heterocycles. The molecule has 2 unspecified atom stereocenters. The van der Waals surface area contributed by atoms with E-state index in [1.165, 1.54) is 6.92 Å². The second kappa shape index (κ2) is 14.1. The third-order valence-corrected chi connectivity index (χ3v) is 10.3. The maximum absolute atomic E-state index is 13.8. The van der Waals surface area contributed by atoms with Gasteiger partial charge in [0.15, 0.2) is 12.1 Å². The number of carbonyl (C=O) groups excluding carboxylic acids is 1. The van der Waals surface area contributed by atoms with Crippen LogP contribution < -0.4 is 0 Å². The monoisotopic (exact) mass is 630 g/mol. The van der Waals surface area contributed by atoms with Crippen molar-refractivity contribution in [3.8, 4) is 0 Å². The summed E-state index contributed by atoms with van der Waals surface area (Å²) in [5.74, 6) is -2.73. The van der Waals surface area contributed by atoms with E-state index in [1.807, 2.05) is 79.4 Å². The number of esters is 1. The summed E-state index contributed by atoms with van der Waals surface area (Å²) in [6.07, 6.45) is -3.86. The molecule has 14 atom stereocenters. The lowest BCUT2D eigenvalue weighted by Gasteiger charge is -2.47. The zero-order chi connectivity index (χ0) is 33.5. The summed E-state index contributed by atoms with van der Waals surface area (Å²) < 4.78 is 32.4. The van der Waals surface area contributed by atoms with Crippen molar-refractivity contribution >= 4 is 5.97 Å². The van der Waals surface area contributed by atoms with Crippen LogP contribution in [0, 0.1) is 17.8 Å². The second-order valence-electron chi connectivity index (χ2n) is 15.2. The molecule has 3 aliphatic heterocycles. The molecule has 0 aromatic rings. The van der Waals surface area contributed by atoms with Crippen LogP contribution in [0.2, 0.25) is 0 Å². The predicted octanol–water partition coefficient (Wildman–Crippen LogP) is 2.77. The molecule has 44 heavy (non-hydrogen) atoms. The standard InChI is InChI=1S/C33H62N2O9/c1-14-24-33(10,39)27(37)22(6)35(13)17-18(2)16-32(9)28(42-30-25(36)23(34(11)12)15-19(3)40-30)20(4)26(21(5)29(38)41-24)43-31(7,8)44-32/h18-28,30,36-37,39H,14-17H2,1-13H3/t18-,19-,20+,21-,22-,23+,24-,25-,26+,27-,28-,30?,32?,33-/m1/s1. The molecule has 0 radical (unpaired) electrons. The van der Waals surface area contributed by atoms with Crippen molar-refractivity contribution in [2.45, 2.75) is 160 Å². The van der Waals surface area contributed by atoms with E-state index in [4.69, 9.17) is 23.7 Å². The number of aliphatic hydroxyl groups excluding tert-OH is 2. The molecule has 0 saturated carbocycles. The van der Waals surface area contributed by atoms with E-state index in [0.29, 0.717) is 25.8 Å². The van der Waals surface area contributed by atoms with Gasteiger partial charge in [-0.25, -0.2) is 0 Å². The summed E-state index contributed by atoms with van der Waals surface area (Å²) in [7, 11) is 5.79. The summed E-state index contributed by atoms with van der Waals surface area (Å²) in [4.78, 5) is 17.8. The summed E-state index contributed by atoms with van der Waals surface area (Å²) in [6.45, 7) is 19.4. The Balaban J connectivity index is 2.13. The number of likely N-dealkylation sites (N-methyl/N-ethyl adjacent to an activating group) is 2. The molecule has 0 aromatic carbocycles. The maximum Gasteiger partial charge on any atom is 0.311 e. The average molecular weight is 631 g/mol. The highest BCUT2D eigenvalue weighted by atomic mass is 16.7. The number of rotatable bonds is 4. The van der Waals surface area contributed by atoms with Crippen molar-refractivity contribution in [2.24, 2.45) is 17.8 Å². The van der Waals surface area contributed by atoms with Gasteiger partial charge in [-0.15, -0.1) is 0 Å². The Kier molecular flexibility index (Phi) is 12.0. The van der Waals surface area contributed by atoms with Crippen LogP contribution in [-0.4, -0.2) is 131 Å². The van der Waals surface area contributed by atoms with Crippen LogP contribution >= 0.6 is 0 Å². The minimum absolute atomic E-state index is 0.0586. The van der Waals surface area contributed by atoms with Crippen LogP contribution in [0.3, 0.4) is 0 Å². The van der Waals surface area contributed by atoms with Gasteiger partial charge in [0.25, 0.3) is 0 Å². The molecule has 0 aliphatic carbocycles. The highest BCUT2D eigenvalue weighted by molar-refractivity contribution is 5.73. The molecule has 11 heteroatoms. The van der Waals surface area contributed by atoms with Gasteiger partial charge in [-0.05, 0) is 94.8 Å². The first-order valence-electron chi connectivity index (χ1n) is 16.5. The first-order chi connectivity index (χ1) is 20.1. The Morgan fingerprint density at radius 2 is 1.68 bits per heavy atom. The van der Waals surface area contributed by atoms with E-state index < -0.39 is 77.6 Å². The number of hydrogen-bond acceptors (Lipinski definition) is 11. The highest BCUT2D eigenvalue weighted by Gasteiger charge is 2.55. The van der Waals surface area contributed by atoms with Crippen LogP contribution in [0.15, 0.2) is 0 Å². The highest BCUT2D eigenvalue weighted by Crippen LogP contribution is 2.45. The fourth-order valence-corrected chi connectivity index (χ4v) is 7.92. The van der Waals surface area contributed by atoms with Crippen LogP contribution in [0.25, 0.3) is 0 Å².